The van der Waals surface area contributed by atoms with Crippen LogP contribution >= 0.6 is 0 Å². The number of anilines is 2. The molecule has 0 radical (unpaired) electrons. The van der Waals surface area contributed by atoms with Crippen LogP contribution in [0, 0.1) is 0 Å². The highest BCUT2D eigenvalue weighted by Gasteiger charge is 2.45. The van der Waals surface area contributed by atoms with Gasteiger partial charge in [0, 0.05) is 37.8 Å². The first kappa shape index (κ1) is 22.6. The molecule has 3 aliphatic heterocycles. The molecule has 1 N–H and O–H groups in total. The van der Waals surface area contributed by atoms with E-state index < -0.39 is 11.2 Å². The second kappa shape index (κ2) is 8.88. The molecule has 2 fully saturated rings. The minimum atomic E-state index is -0.470. The molecule has 9 heteroatoms. The molecule has 2 saturated heterocycles. The van der Waals surface area contributed by atoms with Crippen molar-refractivity contribution in [1.29, 1.82) is 0 Å². The summed E-state index contributed by atoms with van der Waals surface area (Å²) in [5.74, 6) is 0.359. The van der Waals surface area contributed by atoms with Gasteiger partial charge in [-0.25, -0.2) is 9.80 Å². The molecule has 0 amide bonds. The maximum absolute atomic E-state index is 13.7. The lowest BCUT2D eigenvalue weighted by Crippen LogP contribution is -2.50. The van der Waals surface area contributed by atoms with Crippen LogP contribution in [-0.4, -0.2) is 58.3 Å². The molecule has 34 heavy (non-hydrogen) atoms. The zero-order valence-electron chi connectivity index (χ0n) is 20.0. The molecule has 5 rings (SSSR count). The van der Waals surface area contributed by atoms with Crippen LogP contribution in [0.4, 0.5) is 11.5 Å². The number of hydrogen-bond donors (Lipinski definition) is 1. The van der Waals surface area contributed by atoms with E-state index in [0.29, 0.717) is 42.4 Å². The lowest BCUT2D eigenvalue weighted by Gasteiger charge is -2.34. The van der Waals surface area contributed by atoms with Crippen molar-refractivity contribution in [2.75, 3.05) is 36.2 Å². The largest absolute Gasteiger partial charge is 0.341 e. The Balaban J connectivity index is 1.58. The van der Waals surface area contributed by atoms with Crippen LogP contribution < -0.4 is 26.5 Å². The lowest BCUT2D eigenvalue weighted by molar-refractivity contribution is 0.0968. The minimum Gasteiger partial charge on any atom is -0.341 e. The van der Waals surface area contributed by atoms with Gasteiger partial charge < -0.3 is 10.2 Å². The van der Waals surface area contributed by atoms with E-state index in [9.17, 15) is 14.4 Å². The van der Waals surface area contributed by atoms with Crippen LogP contribution in [0.15, 0.2) is 51.6 Å². The molecule has 2 atom stereocenters. The van der Waals surface area contributed by atoms with E-state index in [2.05, 4.69) is 21.4 Å². The Hall–Kier alpha value is -3.17. The van der Waals surface area contributed by atoms with Crippen molar-refractivity contribution >= 4 is 17.3 Å². The quantitative estimate of drug-likeness (QED) is 0.510. The summed E-state index contributed by atoms with van der Waals surface area (Å²) in [6, 6.07) is 9.58. The lowest BCUT2D eigenvalue weighted by atomic mass is 10.1. The molecule has 4 heterocycles. The molecule has 0 aliphatic carbocycles. The SMILES string of the molecule is CC(C)=CCN1CN(N2CCC3NCCC32)c2c1c(=O)n(CC(=O)c1ccccc1)c(=O)n2C. The summed E-state index contributed by atoms with van der Waals surface area (Å²) < 4.78 is 2.62. The van der Waals surface area contributed by atoms with Crippen molar-refractivity contribution in [3.05, 3.63) is 68.4 Å². The Labute approximate surface area is 198 Å². The Morgan fingerprint density at radius 1 is 1.15 bits per heavy atom. The number of carbonyl (C=O) groups excluding carboxylic acids is 1. The normalized spacial score (nSPS) is 21.6. The molecule has 1 aromatic heterocycles. The first-order valence-corrected chi connectivity index (χ1v) is 11.9. The van der Waals surface area contributed by atoms with E-state index in [4.69, 9.17) is 0 Å². The zero-order chi connectivity index (χ0) is 24.0. The molecule has 3 aliphatic rings. The van der Waals surface area contributed by atoms with Gasteiger partial charge in [-0.2, -0.15) is 0 Å². The van der Waals surface area contributed by atoms with Gasteiger partial charge in [-0.3, -0.25) is 23.7 Å². The smallest absolute Gasteiger partial charge is 0.332 e. The number of benzene rings is 1. The van der Waals surface area contributed by atoms with Gasteiger partial charge in [0.05, 0.1) is 6.54 Å². The van der Waals surface area contributed by atoms with Crippen molar-refractivity contribution in [2.45, 2.75) is 45.3 Å². The van der Waals surface area contributed by atoms with Gasteiger partial charge in [-0.1, -0.05) is 42.0 Å². The number of allylic oxidation sites excluding steroid dienone is 1. The zero-order valence-corrected chi connectivity index (χ0v) is 20.0. The van der Waals surface area contributed by atoms with Crippen molar-refractivity contribution in [3.63, 3.8) is 0 Å². The third-order valence-corrected chi connectivity index (χ3v) is 7.15. The molecule has 2 aromatic rings. The Kier molecular flexibility index (Phi) is 5.91. The fraction of sp³-hybridized carbons (Fsp3) is 0.480. The Morgan fingerprint density at radius 3 is 2.65 bits per heavy atom. The van der Waals surface area contributed by atoms with Crippen LogP contribution in [0.5, 0.6) is 0 Å². The van der Waals surface area contributed by atoms with Crippen LogP contribution in [0.25, 0.3) is 0 Å². The number of aromatic nitrogens is 2. The maximum Gasteiger partial charge on any atom is 0.332 e. The van der Waals surface area contributed by atoms with Crippen LogP contribution in [0.2, 0.25) is 0 Å². The predicted molar refractivity (Wildman–Crippen MR) is 132 cm³/mol. The maximum atomic E-state index is 13.7. The van der Waals surface area contributed by atoms with Crippen molar-refractivity contribution in [1.82, 2.24) is 19.5 Å². The average Bonchev–Trinajstić information content (AvgIpc) is 3.54. The fourth-order valence-corrected chi connectivity index (χ4v) is 5.40. The highest BCUT2D eigenvalue weighted by atomic mass is 16.2. The molecule has 0 spiro atoms. The number of Topliss-reactive ketones (excluding diaryl/α,β-unsaturated/α-hetero) is 1. The van der Waals surface area contributed by atoms with Gasteiger partial charge in [-0.05, 0) is 33.2 Å². The summed E-state index contributed by atoms with van der Waals surface area (Å²) in [5.41, 5.74) is 1.24. The number of fused-ring (bicyclic) bond motifs is 2. The van der Waals surface area contributed by atoms with E-state index >= 15 is 0 Å². The number of carbonyl (C=O) groups is 1. The number of hydrogen-bond acceptors (Lipinski definition) is 7. The second-order valence-corrected chi connectivity index (χ2v) is 9.61. The second-order valence-electron chi connectivity index (χ2n) is 9.61. The van der Waals surface area contributed by atoms with E-state index in [1.54, 1.807) is 31.3 Å². The van der Waals surface area contributed by atoms with Crippen LogP contribution in [0.3, 0.4) is 0 Å². The third kappa shape index (κ3) is 3.78. The molecule has 0 bridgehead atoms. The van der Waals surface area contributed by atoms with Gasteiger partial charge in [-0.15, -0.1) is 0 Å². The van der Waals surface area contributed by atoms with Gasteiger partial charge in [0.2, 0.25) is 0 Å². The first-order chi connectivity index (χ1) is 16.4. The average molecular weight is 465 g/mol. The minimum absolute atomic E-state index is 0.259. The van der Waals surface area contributed by atoms with Gasteiger partial charge in [0.1, 0.15) is 12.4 Å². The summed E-state index contributed by atoms with van der Waals surface area (Å²) in [5, 5.41) is 8.00. The van der Waals surface area contributed by atoms with Crippen LogP contribution in [0.1, 0.15) is 37.0 Å². The molecule has 0 saturated carbocycles. The molecule has 2 unspecified atom stereocenters. The summed E-state index contributed by atoms with van der Waals surface area (Å²) in [6.45, 7) is 6.70. The molecule has 180 valence electrons. The number of hydrazine groups is 1. The van der Waals surface area contributed by atoms with Gasteiger partial charge in [0.15, 0.2) is 11.6 Å². The van der Waals surface area contributed by atoms with E-state index in [1.165, 1.54) is 4.57 Å². The topological polar surface area (TPSA) is 82.8 Å². The number of nitrogens with zero attached hydrogens (tertiary/aromatic N) is 5. The Morgan fingerprint density at radius 2 is 1.91 bits per heavy atom. The van der Waals surface area contributed by atoms with E-state index in [0.717, 1.165) is 36.1 Å². The number of ketones is 1. The number of rotatable bonds is 6. The summed E-state index contributed by atoms with van der Waals surface area (Å²) >= 11 is 0. The highest BCUT2D eigenvalue weighted by Crippen LogP contribution is 2.37. The van der Waals surface area contributed by atoms with E-state index in [-0.39, 0.29) is 12.3 Å². The number of nitrogens with one attached hydrogen (secondary N) is 1. The Bertz CT molecular complexity index is 1240. The predicted octanol–water partition coefficient (Wildman–Crippen LogP) is 1.33. The molecule has 1 aromatic carbocycles. The standard InChI is InChI=1S/C25H32N6O3/c1-17(2)10-13-28-16-31(30-14-11-19-20(30)9-12-26-19)23-22(28)24(33)29(25(34)27(23)3)15-21(32)18-7-5-4-6-8-18/h4-8,10,19-20,26H,9,11-16H2,1-3H3. The van der Waals surface area contributed by atoms with Crippen molar-refractivity contribution in [3.8, 4) is 0 Å². The van der Waals surface area contributed by atoms with E-state index in [1.807, 2.05) is 24.8 Å². The monoisotopic (exact) mass is 464 g/mol. The fourth-order valence-electron chi connectivity index (χ4n) is 5.40. The van der Waals surface area contributed by atoms with Crippen LogP contribution in [-0.2, 0) is 13.6 Å². The first-order valence-electron chi connectivity index (χ1n) is 11.9. The summed E-state index contributed by atoms with van der Waals surface area (Å²) in [4.78, 5) is 42.0. The van der Waals surface area contributed by atoms with Crippen molar-refractivity contribution in [2.24, 2.45) is 7.05 Å². The molecular weight excluding hydrogens is 432 g/mol. The molecular formula is C25H32N6O3. The van der Waals surface area contributed by atoms with Crippen molar-refractivity contribution < 1.29 is 4.79 Å². The summed E-state index contributed by atoms with van der Waals surface area (Å²) in [6.07, 6.45) is 4.17. The van der Waals surface area contributed by atoms with Gasteiger partial charge >= 0.3 is 5.69 Å². The van der Waals surface area contributed by atoms with Gasteiger partial charge in [0.25, 0.3) is 5.56 Å². The highest BCUT2D eigenvalue weighted by molar-refractivity contribution is 5.95. The summed E-state index contributed by atoms with van der Waals surface area (Å²) in [7, 11) is 1.70. The molecule has 9 nitrogen and oxygen atoms in total. The third-order valence-electron chi connectivity index (χ3n) is 7.15.